The molecule has 0 aliphatic heterocycles. The molecule has 1 aromatic heterocycles. The van der Waals surface area contributed by atoms with Gasteiger partial charge in [0.15, 0.2) is 14.6 Å². The Hall–Kier alpha value is -2.97. The molecule has 0 spiro atoms. The van der Waals surface area contributed by atoms with Gasteiger partial charge < -0.3 is 4.57 Å². The fourth-order valence-corrected chi connectivity index (χ4v) is 4.04. The van der Waals surface area contributed by atoms with Gasteiger partial charge >= 0.3 is 0 Å². The van der Waals surface area contributed by atoms with Crippen LogP contribution in [0.2, 0.25) is 0 Å². The van der Waals surface area contributed by atoms with E-state index in [1.807, 2.05) is 42.5 Å². The van der Waals surface area contributed by atoms with Crippen LogP contribution in [0.5, 0.6) is 0 Å². The molecular weight excluding hydrogens is 392 g/mol. The van der Waals surface area contributed by atoms with Gasteiger partial charge in [-0.1, -0.05) is 36.4 Å². The van der Waals surface area contributed by atoms with Crippen molar-refractivity contribution in [2.24, 2.45) is 0 Å². The molecule has 8 heteroatoms. The maximum atomic E-state index is 12.8. The maximum absolute atomic E-state index is 12.8. The zero-order valence-corrected chi connectivity index (χ0v) is 16.9. The third-order valence-electron chi connectivity index (χ3n) is 5.31. The van der Waals surface area contributed by atoms with Crippen molar-refractivity contribution in [3.05, 3.63) is 71.1 Å². The van der Waals surface area contributed by atoms with E-state index in [1.54, 1.807) is 18.3 Å². The Morgan fingerprint density at radius 2 is 1.79 bits per heavy atom. The summed E-state index contributed by atoms with van der Waals surface area (Å²) in [6, 6.07) is 17.1. The first-order valence-corrected chi connectivity index (χ1v) is 10.9. The van der Waals surface area contributed by atoms with E-state index in [9.17, 15) is 18.0 Å². The van der Waals surface area contributed by atoms with Crippen LogP contribution in [-0.4, -0.2) is 35.1 Å². The summed E-state index contributed by atoms with van der Waals surface area (Å²) in [5, 5.41) is 10.2. The molecule has 0 radical (unpaired) electrons. The molecular formula is C21H22N2O5S. The number of benzene rings is 2. The normalized spacial score (nSPS) is 13.8. The van der Waals surface area contributed by atoms with Crippen LogP contribution in [0, 0.1) is 0 Å². The Labute approximate surface area is 168 Å². The highest BCUT2D eigenvalue weighted by atomic mass is 32.2. The second-order valence-electron chi connectivity index (χ2n) is 7.18. The van der Waals surface area contributed by atoms with Crippen molar-refractivity contribution in [1.29, 1.82) is 0 Å². The maximum Gasteiger partial charge on any atom is 0.264 e. The van der Waals surface area contributed by atoms with Gasteiger partial charge in [0, 0.05) is 24.4 Å². The highest BCUT2D eigenvalue weighted by molar-refractivity contribution is 7.92. The van der Waals surface area contributed by atoms with Crippen LogP contribution in [0.15, 0.2) is 65.6 Å². The number of hydrogen-bond acceptors (Lipinski definition) is 5. The first-order chi connectivity index (χ1) is 13.7. The number of sulfone groups is 1. The Kier molecular flexibility index (Phi) is 5.59. The summed E-state index contributed by atoms with van der Waals surface area (Å²) >= 11 is 0. The van der Waals surface area contributed by atoms with Gasteiger partial charge in [-0.2, -0.15) is 0 Å². The number of pyridine rings is 1. The number of hydroxylamine groups is 1. The Morgan fingerprint density at radius 1 is 1.10 bits per heavy atom. The van der Waals surface area contributed by atoms with E-state index >= 15 is 0 Å². The lowest BCUT2D eigenvalue weighted by Crippen LogP contribution is -2.49. The van der Waals surface area contributed by atoms with Crippen molar-refractivity contribution in [2.45, 2.75) is 24.6 Å². The monoisotopic (exact) mass is 414 g/mol. The number of aromatic nitrogens is 1. The van der Waals surface area contributed by atoms with E-state index in [0.717, 1.165) is 22.8 Å². The molecule has 3 rings (SSSR count). The SMILES string of the molecule is C[C@](CCn1ccc2cc(-c3ccccc3)ccc2c1=O)(C(=O)NO)S(C)(=O)=O. The average molecular weight is 414 g/mol. The highest BCUT2D eigenvalue weighted by Gasteiger charge is 2.43. The van der Waals surface area contributed by atoms with Crippen molar-refractivity contribution in [1.82, 2.24) is 10.0 Å². The molecule has 0 unspecified atom stereocenters. The second-order valence-corrected chi connectivity index (χ2v) is 9.62. The highest BCUT2D eigenvalue weighted by Crippen LogP contribution is 2.24. The van der Waals surface area contributed by atoms with E-state index < -0.39 is 20.5 Å². The van der Waals surface area contributed by atoms with Gasteiger partial charge in [0.2, 0.25) is 0 Å². The molecule has 0 saturated carbocycles. The van der Waals surface area contributed by atoms with E-state index in [-0.39, 0.29) is 18.5 Å². The van der Waals surface area contributed by atoms with Gasteiger partial charge in [0.25, 0.3) is 11.5 Å². The minimum Gasteiger partial charge on any atom is -0.315 e. The average Bonchev–Trinajstić information content (AvgIpc) is 2.72. The van der Waals surface area contributed by atoms with Crippen molar-refractivity contribution in [3.63, 3.8) is 0 Å². The van der Waals surface area contributed by atoms with Crippen molar-refractivity contribution < 1.29 is 18.4 Å². The summed E-state index contributed by atoms with van der Waals surface area (Å²) in [4.78, 5) is 24.8. The number of rotatable bonds is 6. The van der Waals surface area contributed by atoms with Crippen LogP contribution in [-0.2, 0) is 21.2 Å². The number of nitrogens with zero attached hydrogens (tertiary/aromatic N) is 1. The summed E-state index contributed by atoms with van der Waals surface area (Å²) in [5.41, 5.74) is 3.16. The molecule has 7 nitrogen and oxygen atoms in total. The second kappa shape index (κ2) is 7.81. The predicted molar refractivity (Wildman–Crippen MR) is 111 cm³/mol. The molecule has 2 aromatic carbocycles. The van der Waals surface area contributed by atoms with Crippen LogP contribution in [0.25, 0.3) is 21.9 Å². The Bertz CT molecular complexity index is 1220. The van der Waals surface area contributed by atoms with Crippen LogP contribution in [0.1, 0.15) is 13.3 Å². The molecule has 1 atom stereocenters. The molecule has 0 saturated heterocycles. The third-order valence-corrected chi connectivity index (χ3v) is 7.34. The summed E-state index contributed by atoms with van der Waals surface area (Å²) in [6.45, 7) is 1.23. The summed E-state index contributed by atoms with van der Waals surface area (Å²) in [5.74, 6) is -1.03. The molecule has 3 aromatic rings. The van der Waals surface area contributed by atoms with Crippen molar-refractivity contribution in [2.75, 3.05) is 6.26 Å². The molecule has 0 aliphatic rings. The largest absolute Gasteiger partial charge is 0.315 e. The number of fused-ring (bicyclic) bond motifs is 1. The number of aryl methyl sites for hydroxylation is 1. The number of nitrogens with one attached hydrogen (secondary N) is 1. The first-order valence-electron chi connectivity index (χ1n) is 9.00. The van der Waals surface area contributed by atoms with E-state index in [0.29, 0.717) is 5.39 Å². The van der Waals surface area contributed by atoms with Gasteiger partial charge in [0.05, 0.1) is 0 Å². The first kappa shape index (κ1) is 20.8. The predicted octanol–water partition coefficient (Wildman–Crippen LogP) is 2.37. The lowest BCUT2D eigenvalue weighted by atomic mass is 10.0. The lowest BCUT2D eigenvalue weighted by molar-refractivity contribution is -0.131. The molecule has 1 heterocycles. The molecule has 0 aliphatic carbocycles. The quantitative estimate of drug-likeness (QED) is 0.476. The Balaban J connectivity index is 1.94. The molecule has 1 amide bonds. The molecule has 0 fully saturated rings. The van der Waals surface area contributed by atoms with Gasteiger partial charge in [0.1, 0.15) is 0 Å². The molecule has 152 valence electrons. The van der Waals surface area contributed by atoms with Crippen LogP contribution in [0.4, 0.5) is 0 Å². The third kappa shape index (κ3) is 3.94. The van der Waals surface area contributed by atoms with E-state index in [4.69, 9.17) is 5.21 Å². The standard InChI is InChI=1S/C21H22N2O5S/c1-21(20(25)22-26,29(2,27)28)11-13-23-12-10-17-14-16(8-9-18(17)19(23)24)15-6-4-3-5-7-15/h3-10,12,14,26H,11,13H2,1-2H3,(H,22,25)/t21-/m0/s1. The zero-order chi connectivity index (χ0) is 21.2. The fraction of sp³-hybridized carbons (Fsp3) is 0.238. The van der Waals surface area contributed by atoms with Crippen LogP contribution < -0.4 is 11.0 Å². The number of carbonyl (C=O) groups excluding carboxylic acids is 1. The topological polar surface area (TPSA) is 105 Å². The molecule has 0 bridgehead atoms. The van der Waals surface area contributed by atoms with Crippen molar-refractivity contribution in [3.8, 4) is 11.1 Å². The van der Waals surface area contributed by atoms with Gasteiger partial charge in [-0.25, -0.2) is 13.9 Å². The number of carbonyl (C=O) groups is 1. The minimum absolute atomic E-state index is 0.00615. The molecule has 2 N–H and O–H groups in total. The minimum atomic E-state index is -3.82. The molecule has 29 heavy (non-hydrogen) atoms. The van der Waals surface area contributed by atoms with Crippen LogP contribution in [0.3, 0.4) is 0 Å². The number of amides is 1. The summed E-state index contributed by atoms with van der Waals surface area (Å²) < 4.78 is 23.7. The van der Waals surface area contributed by atoms with E-state index in [2.05, 4.69) is 0 Å². The fourth-order valence-electron chi connectivity index (χ4n) is 3.19. The Morgan fingerprint density at radius 3 is 2.41 bits per heavy atom. The lowest BCUT2D eigenvalue weighted by Gasteiger charge is -2.25. The van der Waals surface area contributed by atoms with Crippen LogP contribution >= 0.6 is 0 Å². The van der Waals surface area contributed by atoms with Gasteiger partial charge in [-0.15, -0.1) is 0 Å². The van der Waals surface area contributed by atoms with Crippen molar-refractivity contribution >= 4 is 26.5 Å². The number of hydrogen-bond donors (Lipinski definition) is 2. The smallest absolute Gasteiger partial charge is 0.264 e. The summed E-state index contributed by atoms with van der Waals surface area (Å²) in [6.07, 6.45) is 2.35. The summed E-state index contributed by atoms with van der Waals surface area (Å²) in [7, 11) is -3.82. The zero-order valence-electron chi connectivity index (χ0n) is 16.1. The van der Waals surface area contributed by atoms with E-state index in [1.165, 1.54) is 17.0 Å². The van der Waals surface area contributed by atoms with Gasteiger partial charge in [-0.05, 0) is 48.1 Å². The van der Waals surface area contributed by atoms with Gasteiger partial charge in [-0.3, -0.25) is 14.8 Å².